The number of nitrogens with zero attached hydrogens (tertiary/aromatic N) is 2. The molecule has 1 aliphatic rings. The third-order valence-corrected chi connectivity index (χ3v) is 5.93. The van der Waals surface area contributed by atoms with Gasteiger partial charge < -0.3 is 15.7 Å². The topological polar surface area (TPSA) is 59.9 Å². The smallest absolute Gasteiger partial charge is 0.191 e. The minimum atomic E-state index is -0.588. The number of benzene rings is 2. The van der Waals surface area contributed by atoms with Crippen molar-refractivity contribution in [3.63, 3.8) is 0 Å². The van der Waals surface area contributed by atoms with Gasteiger partial charge in [0, 0.05) is 31.7 Å². The Morgan fingerprint density at radius 1 is 1.06 bits per heavy atom. The maximum Gasteiger partial charge on any atom is 0.191 e. The number of halogens is 1. The maximum atomic E-state index is 10.5. The number of aliphatic imine (C=N–C) groups is 1. The van der Waals surface area contributed by atoms with E-state index in [0.29, 0.717) is 18.6 Å². The zero-order chi connectivity index (χ0) is 21.3. The van der Waals surface area contributed by atoms with Crippen molar-refractivity contribution >= 4 is 29.9 Å². The van der Waals surface area contributed by atoms with E-state index in [9.17, 15) is 5.11 Å². The third kappa shape index (κ3) is 7.77. The van der Waals surface area contributed by atoms with Crippen LogP contribution in [0.3, 0.4) is 0 Å². The van der Waals surface area contributed by atoms with Crippen molar-refractivity contribution in [2.24, 2.45) is 4.99 Å². The summed E-state index contributed by atoms with van der Waals surface area (Å²) in [6, 6.07) is 19.6. The summed E-state index contributed by atoms with van der Waals surface area (Å²) in [5.74, 6) is 0.790. The summed E-state index contributed by atoms with van der Waals surface area (Å²) >= 11 is 0. The molecule has 2 aromatic rings. The first-order valence-electron chi connectivity index (χ1n) is 11.1. The molecule has 170 valence electrons. The van der Waals surface area contributed by atoms with E-state index in [2.05, 4.69) is 64.7 Å². The molecule has 0 spiro atoms. The molecule has 6 heteroatoms. The third-order valence-electron chi connectivity index (χ3n) is 5.93. The number of piperidine rings is 1. The number of aliphatic hydroxyl groups excluding tert-OH is 1. The highest BCUT2D eigenvalue weighted by Gasteiger charge is 2.24. The van der Waals surface area contributed by atoms with Gasteiger partial charge in [0.05, 0.1) is 12.6 Å². The number of guanidine groups is 1. The molecule has 0 amide bonds. The molecular weight excluding hydrogens is 499 g/mol. The molecule has 3 N–H and O–H groups in total. The van der Waals surface area contributed by atoms with Gasteiger partial charge >= 0.3 is 0 Å². The standard InChI is InChI=1S/C25H36N4O.HI/c1-4-26-25(27-18-24(30)22-12-10-19(2)11-13-22)28-23-14-16-29(17-15-23)20(3)21-8-6-5-7-9-21;/h5-13,20,23-24,30H,4,14-18H2,1-3H3,(H2,26,27,28);1H. The number of likely N-dealkylation sites (tertiary alicyclic amines) is 1. The van der Waals surface area contributed by atoms with Crippen molar-refractivity contribution in [3.05, 3.63) is 71.3 Å². The van der Waals surface area contributed by atoms with Gasteiger partial charge in [-0.25, -0.2) is 0 Å². The first-order chi connectivity index (χ1) is 14.6. The second-order valence-electron chi connectivity index (χ2n) is 8.19. The SMILES string of the molecule is CCNC(=NCC(O)c1ccc(C)cc1)NC1CCN(C(C)c2ccccc2)CC1.I. The molecule has 1 saturated heterocycles. The van der Waals surface area contributed by atoms with Gasteiger partial charge in [0.2, 0.25) is 0 Å². The zero-order valence-electron chi connectivity index (χ0n) is 18.9. The van der Waals surface area contributed by atoms with E-state index in [-0.39, 0.29) is 24.0 Å². The van der Waals surface area contributed by atoms with E-state index in [0.717, 1.165) is 44.0 Å². The first kappa shape index (κ1) is 25.6. The van der Waals surface area contributed by atoms with Crippen LogP contribution >= 0.6 is 24.0 Å². The van der Waals surface area contributed by atoms with Crippen LogP contribution in [0.1, 0.15) is 55.5 Å². The van der Waals surface area contributed by atoms with Crippen LogP contribution in [0.2, 0.25) is 0 Å². The highest BCUT2D eigenvalue weighted by atomic mass is 127. The van der Waals surface area contributed by atoms with Crippen LogP contribution in [-0.4, -0.2) is 48.2 Å². The Labute approximate surface area is 204 Å². The van der Waals surface area contributed by atoms with Crippen LogP contribution in [0.25, 0.3) is 0 Å². The Kier molecular flexibility index (Phi) is 10.8. The van der Waals surface area contributed by atoms with Gasteiger partial charge in [-0.1, -0.05) is 60.2 Å². The lowest BCUT2D eigenvalue weighted by Crippen LogP contribution is -2.49. The fraction of sp³-hybridized carbons (Fsp3) is 0.480. The summed E-state index contributed by atoms with van der Waals surface area (Å²) in [4.78, 5) is 7.19. The van der Waals surface area contributed by atoms with Crippen molar-refractivity contribution in [1.82, 2.24) is 15.5 Å². The number of aryl methyl sites for hydroxylation is 1. The Morgan fingerprint density at radius 2 is 1.71 bits per heavy atom. The van der Waals surface area contributed by atoms with Gasteiger partial charge in [-0.3, -0.25) is 9.89 Å². The van der Waals surface area contributed by atoms with Crippen molar-refractivity contribution in [2.75, 3.05) is 26.2 Å². The second-order valence-corrected chi connectivity index (χ2v) is 8.19. The predicted octanol–water partition coefficient (Wildman–Crippen LogP) is 4.43. The second kappa shape index (κ2) is 13.0. The van der Waals surface area contributed by atoms with Crippen molar-refractivity contribution in [3.8, 4) is 0 Å². The fourth-order valence-corrected chi connectivity index (χ4v) is 3.96. The van der Waals surface area contributed by atoms with Crippen LogP contribution in [0.15, 0.2) is 59.6 Å². The number of hydrogen-bond donors (Lipinski definition) is 3. The van der Waals surface area contributed by atoms with Gasteiger partial charge in [-0.05, 0) is 44.7 Å². The van der Waals surface area contributed by atoms with E-state index in [1.165, 1.54) is 11.1 Å². The molecule has 0 saturated carbocycles. The van der Waals surface area contributed by atoms with Crippen LogP contribution in [0.4, 0.5) is 0 Å². The quantitative estimate of drug-likeness (QED) is 0.279. The molecule has 0 aliphatic carbocycles. The molecule has 0 bridgehead atoms. The minimum Gasteiger partial charge on any atom is -0.386 e. The molecular formula is C25H37IN4O. The zero-order valence-corrected chi connectivity index (χ0v) is 21.3. The van der Waals surface area contributed by atoms with Crippen molar-refractivity contribution in [2.45, 2.75) is 51.8 Å². The fourth-order valence-electron chi connectivity index (χ4n) is 3.96. The van der Waals surface area contributed by atoms with Gasteiger partial charge in [-0.2, -0.15) is 0 Å². The molecule has 0 aromatic heterocycles. The highest BCUT2D eigenvalue weighted by Crippen LogP contribution is 2.24. The molecule has 1 heterocycles. The van der Waals surface area contributed by atoms with Gasteiger partial charge in [0.15, 0.2) is 5.96 Å². The Bertz CT molecular complexity index is 789. The van der Waals surface area contributed by atoms with Gasteiger partial charge in [-0.15, -0.1) is 24.0 Å². The van der Waals surface area contributed by atoms with Gasteiger partial charge in [0.1, 0.15) is 0 Å². The average molecular weight is 537 g/mol. The largest absolute Gasteiger partial charge is 0.386 e. The van der Waals surface area contributed by atoms with Crippen LogP contribution in [-0.2, 0) is 0 Å². The summed E-state index contributed by atoms with van der Waals surface area (Å²) in [5.41, 5.74) is 3.48. The number of aliphatic hydroxyl groups is 1. The molecule has 31 heavy (non-hydrogen) atoms. The monoisotopic (exact) mass is 536 g/mol. The number of hydrogen-bond acceptors (Lipinski definition) is 3. The van der Waals surface area contributed by atoms with E-state index in [1.54, 1.807) is 0 Å². The molecule has 2 aromatic carbocycles. The van der Waals surface area contributed by atoms with Gasteiger partial charge in [0.25, 0.3) is 0 Å². The summed E-state index contributed by atoms with van der Waals surface area (Å²) in [5, 5.41) is 17.4. The lowest BCUT2D eigenvalue weighted by molar-refractivity contribution is 0.158. The highest BCUT2D eigenvalue weighted by molar-refractivity contribution is 14.0. The van der Waals surface area contributed by atoms with E-state index in [4.69, 9.17) is 0 Å². The number of nitrogens with one attached hydrogen (secondary N) is 2. The predicted molar refractivity (Wildman–Crippen MR) is 140 cm³/mol. The van der Waals surface area contributed by atoms with Crippen LogP contribution in [0, 0.1) is 6.92 Å². The first-order valence-corrected chi connectivity index (χ1v) is 11.1. The summed E-state index contributed by atoms with van der Waals surface area (Å²) < 4.78 is 0. The molecule has 1 fully saturated rings. The Morgan fingerprint density at radius 3 is 2.32 bits per heavy atom. The van der Waals surface area contributed by atoms with Crippen LogP contribution < -0.4 is 10.6 Å². The summed E-state index contributed by atoms with van der Waals surface area (Å²) in [6.45, 7) is 9.70. The van der Waals surface area contributed by atoms with E-state index >= 15 is 0 Å². The lowest BCUT2D eigenvalue weighted by atomic mass is 10.0. The molecule has 3 rings (SSSR count). The van der Waals surface area contributed by atoms with Crippen LogP contribution in [0.5, 0.6) is 0 Å². The molecule has 2 unspecified atom stereocenters. The van der Waals surface area contributed by atoms with Crippen molar-refractivity contribution < 1.29 is 5.11 Å². The van der Waals surface area contributed by atoms with Crippen molar-refractivity contribution in [1.29, 1.82) is 0 Å². The Hall–Kier alpha value is -1.64. The molecule has 0 radical (unpaired) electrons. The maximum absolute atomic E-state index is 10.5. The average Bonchev–Trinajstić information content (AvgIpc) is 2.78. The summed E-state index contributed by atoms with van der Waals surface area (Å²) in [6.07, 6.45) is 1.58. The lowest BCUT2D eigenvalue weighted by Gasteiger charge is -2.37. The minimum absolute atomic E-state index is 0. The molecule has 1 aliphatic heterocycles. The summed E-state index contributed by atoms with van der Waals surface area (Å²) in [7, 11) is 0. The molecule has 5 nitrogen and oxygen atoms in total. The molecule has 2 atom stereocenters. The normalized spacial score (nSPS) is 17.5. The van der Waals surface area contributed by atoms with E-state index in [1.807, 2.05) is 31.2 Å². The number of rotatable bonds is 7. The van der Waals surface area contributed by atoms with E-state index < -0.39 is 6.10 Å². The Balaban J connectivity index is 0.00000341.